The van der Waals surface area contributed by atoms with Crippen LogP contribution in [-0.4, -0.2) is 35.5 Å². The zero-order valence-electron chi connectivity index (χ0n) is 13.1. The van der Waals surface area contributed by atoms with Crippen molar-refractivity contribution in [1.82, 2.24) is 9.88 Å². The van der Waals surface area contributed by atoms with Crippen LogP contribution >= 0.6 is 0 Å². The van der Waals surface area contributed by atoms with E-state index >= 15 is 0 Å². The Bertz CT molecular complexity index is 719. The third-order valence-electron chi connectivity index (χ3n) is 4.69. The molecule has 2 aromatic rings. The number of rotatable bonds is 3. The molecule has 118 valence electrons. The molecule has 2 aliphatic heterocycles. The molecule has 2 saturated heterocycles. The Morgan fingerprint density at radius 3 is 2.78 bits per heavy atom. The number of aromatic nitrogens is 1. The summed E-state index contributed by atoms with van der Waals surface area (Å²) in [6.07, 6.45) is 3.54. The zero-order chi connectivity index (χ0) is 15.8. The molecule has 0 spiro atoms. The van der Waals surface area contributed by atoms with Crippen LogP contribution in [0, 0.1) is 0 Å². The monoisotopic (exact) mass is 309 g/mol. The molecule has 0 aliphatic carbocycles. The second kappa shape index (κ2) is 5.66. The highest BCUT2D eigenvalue weighted by Gasteiger charge is 2.50. The summed E-state index contributed by atoms with van der Waals surface area (Å²) < 4.78 is 5.54. The molecule has 0 N–H and O–H groups in total. The molecule has 0 radical (unpaired) electrons. The SMILES string of the molecule is COc1ccccc1C1N(c2ccccn2)C(=O)C2CCCN21. The van der Waals surface area contributed by atoms with Gasteiger partial charge in [-0.15, -0.1) is 0 Å². The van der Waals surface area contributed by atoms with E-state index < -0.39 is 0 Å². The highest BCUT2D eigenvalue weighted by molar-refractivity contribution is 5.99. The number of carbonyl (C=O) groups is 1. The van der Waals surface area contributed by atoms with Gasteiger partial charge in [-0.2, -0.15) is 0 Å². The van der Waals surface area contributed by atoms with Crippen LogP contribution in [0.3, 0.4) is 0 Å². The fourth-order valence-electron chi connectivity index (χ4n) is 3.71. The van der Waals surface area contributed by atoms with Crippen LogP contribution in [0.2, 0.25) is 0 Å². The lowest BCUT2D eigenvalue weighted by atomic mass is 10.1. The normalized spacial score (nSPS) is 24.0. The second-order valence-electron chi connectivity index (χ2n) is 5.91. The van der Waals surface area contributed by atoms with Gasteiger partial charge in [0.2, 0.25) is 5.91 Å². The molecule has 5 nitrogen and oxygen atoms in total. The number of nitrogens with zero attached hydrogens (tertiary/aromatic N) is 3. The lowest BCUT2D eigenvalue weighted by Crippen LogP contribution is -2.33. The van der Waals surface area contributed by atoms with Gasteiger partial charge in [0, 0.05) is 18.3 Å². The van der Waals surface area contributed by atoms with Crippen molar-refractivity contribution in [2.24, 2.45) is 0 Å². The van der Waals surface area contributed by atoms with E-state index in [0.717, 1.165) is 30.7 Å². The Labute approximate surface area is 135 Å². The maximum absolute atomic E-state index is 13.0. The first-order chi connectivity index (χ1) is 11.3. The van der Waals surface area contributed by atoms with Crippen molar-refractivity contribution in [3.8, 4) is 5.75 Å². The van der Waals surface area contributed by atoms with E-state index in [1.54, 1.807) is 13.3 Å². The molecule has 4 rings (SSSR count). The number of amides is 1. The molecular weight excluding hydrogens is 290 g/mol. The van der Waals surface area contributed by atoms with E-state index in [0.29, 0.717) is 5.82 Å². The van der Waals surface area contributed by atoms with E-state index in [4.69, 9.17) is 4.74 Å². The van der Waals surface area contributed by atoms with E-state index in [1.807, 2.05) is 47.4 Å². The number of carbonyl (C=O) groups excluding carboxylic acids is 1. The number of hydrogen-bond donors (Lipinski definition) is 0. The van der Waals surface area contributed by atoms with Crippen molar-refractivity contribution in [3.63, 3.8) is 0 Å². The third-order valence-corrected chi connectivity index (χ3v) is 4.69. The Balaban J connectivity index is 1.84. The minimum atomic E-state index is -0.152. The zero-order valence-corrected chi connectivity index (χ0v) is 13.1. The Kier molecular flexibility index (Phi) is 3.50. The number of para-hydroxylation sites is 1. The average molecular weight is 309 g/mol. The predicted octanol–water partition coefficient (Wildman–Crippen LogP) is 2.60. The number of anilines is 1. The molecule has 2 atom stereocenters. The summed E-state index contributed by atoms with van der Waals surface area (Å²) in [5.74, 6) is 1.64. The first kappa shape index (κ1) is 14.2. The van der Waals surface area contributed by atoms with Crippen molar-refractivity contribution >= 4 is 11.7 Å². The summed E-state index contributed by atoms with van der Waals surface area (Å²) in [5.41, 5.74) is 1.01. The molecule has 3 heterocycles. The molecule has 2 unspecified atom stereocenters. The summed E-state index contributed by atoms with van der Waals surface area (Å²) in [4.78, 5) is 21.5. The third kappa shape index (κ3) is 2.19. The number of hydrogen-bond acceptors (Lipinski definition) is 4. The average Bonchev–Trinajstić information content (AvgIpc) is 3.18. The van der Waals surface area contributed by atoms with E-state index in [2.05, 4.69) is 9.88 Å². The Morgan fingerprint density at radius 2 is 2.00 bits per heavy atom. The van der Waals surface area contributed by atoms with Crippen molar-refractivity contribution in [1.29, 1.82) is 0 Å². The van der Waals surface area contributed by atoms with Crippen LogP contribution < -0.4 is 9.64 Å². The fourth-order valence-corrected chi connectivity index (χ4v) is 3.71. The van der Waals surface area contributed by atoms with Crippen LogP contribution in [0.1, 0.15) is 24.6 Å². The lowest BCUT2D eigenvalue weighted by Gasteiger charge is -2.30. The molecule has 23 heavy (non-hydrogen) atoms. The maximum atomic E-state index is 13.0. The van der Waals surface area contributed by atoms with Crippen LogP contribution in [0.15, 0.2) is 48.7 Å². The number of benzene rings is 1. The van der Waals surface area contributed by atoms with Gasteiger partial charge in [-0.1, -0.05) is 24.3 Å². The predicted molar refractivity (Wildman–Crippen MR) is 87.2 cm³/mol. The summed E-state index contributed by atoms with van der Waals surface area (Å²) in [6.45, 7) is 0.919. The standard InChI is InChI=1S/C18H19N3O2/c1-23-15-9-3-2-7-13(15)17-20-12-6-8-14(20)18(22)21(17)16-10-4-5-11-19-16/h2-5,7,9-11,14,17H,6,8,12H2,1H3. The summed E-state index contributed by atoms with van der Waals surface area (Å²) in [5, 5.41) is 0. The number of ether oxygens (including phenoxy) is 1. The number of pyridine rings is 1. The minimum Gasteiger partial charge on any atom is -0.496 e. The van der Waals surface area contributed by atoms with Crippen molar-refractivity contribution in [2.75, 3.05) is 18.6 Å². The van der Waals surface area contributed by atoms with Gasteiger partial charge >= 0.3 is 0 Å². The molecule has 1 aromatic heterocycles. The van der Waals surface area contributed by atoms with E-state index in [1.165, 1.54) is 0 Å². The Hall–Kier alpha value is -2.40. The summed E-state index contributed by atoms with van der Waals surface area (Å²) >= 11 is 0. The van der Waals surface area contributed by atoms with Crippen molar-refractivity contribution in [3.05, 3.63) is 54.2 Å². The molecule has 2 aliphatic rings. The summed E-state index contributed by atoms with van der Waals surface area (Å²) in [6, 6.07) is 13.5. The Morgan fingerprint density at radius 1 is 1.17 bits per heavy atom. The largest absolute Gasteiger partial charge is 0.496 e. The highest BCUT2D eigenvalue weighted by atomic mass is 16.5. The van der Waals surface area contributed by atoms with Crippen LogP contribution in [0.5, 0.6) is 5.75 Å². The first-order valence-electron chi connectivity index (χ1n) is 7.94. The van der Waals surface area contributed by atoms with Gasteiger partial charge in [0.1, 0.15) is 17.7 Å². The molecule has 0 bridgehead atoms. The highest BCUT2D eigenvalue weighted by Crippen LogP contribution is 2.44. The maximum Gasteiger partial charge on any atom is 0.247 e. The van der Waals surface area contributed by atoms with Gasteiger partial charge in [-0.25, -0.2) is 4.98 Å². The topological polar surface area (TPSA) is 45.7 Å². The van der Waals surface area contributed by atoms with Gasteiger partial charge in [0.25, 0.3) is 0 Å². The van der Waals surface area contributed by atoms with Gasteiger partial charge in [-0.3, -0.25) is 14.6 Å². The van der Waals surface area contributed by atoms with Crippen molar-refractivity contribution in [2.45, 2.75) is 25.0 Å². The van der Waals surface area contributed by atoms with Crippen LogP contribution in [0.4, 0.5) is 5.82 Å². The number of methoxy groups -OCH3 is 1. The molecule has 2 fully saturated rings. The molecule has 5 heteroatoms. The smallest absolute Gasteiger partial charge is 0.247 e. The fraction of sp³-hybridized carbons (Fsp3) is 0.333. The summed E-state index contributed by atoms with van der Waals surface area (Å²) in [7, 11) is 1.67. The molecule has 1 aromatic carbocycles. The van der Waals surface area contributed by atoms with E-state index in [9.17, 15) is 4.79 Å². The number of fused-ring (bicyclic) bond motifs is 1. The first-order valence-corrected chi connectivity index (χ1v) is 7.94. The molecule has 0 saturated carbocycles. The van der Waals surface area contributed by atoms with Gasteiger partial charge in [0.15, 0.2) is 0 Å². The van der Waals surface area contributed by atoms with Crippen molar-refractivity contribution < 1.29 is 9.53 Å². The second-order valence-corrected chi connectivity index (χ2v) is 5.91. The van der Waals surface area contributed by atoms with E-state index in [-0.39, 0.29) is 18.1 Å². The van der Waals surface area contributed by atoms with Gasteiger partial charge < -0.3 is 4.74 Å². The molecular formula is C18H19N3O2. The molecule has 1 amide bonds. The quantitative estimate of drug-likeness (QED) is 0.874. The lowest BCUT2D eigenvalue weighted by molar-refractivity contribution is -0.119. The van der Waals surface area contributed by atoms with Crippen LogP contribution in [-0.2, 0) is 4.79 Å². The van der Waals surface area contributed by atoms with Crippen LogP contribution in [0.25, 0.3) is 0 Å². The minimum absolute atomic E-state index is 0.0491. The van der Waals surface area contributed by atoms with Gasteiger partial charge in [0.05, 0.1) is 13.2 Å². The van der Waals surface area contributed by atoms with Gasteiger partial charge in [-0.05, 0) is 31.0 Å².